The fraction of sp³-hybridized carbons (Fsp3) is 0.174. The van der Waals surface area contributed by atoms with E-state index in [4.69, 9.17) is 0 Å². The quantitative estimate of drug-likeness (QED) is 0.195. The smallest absolute Gasteiger partial charge is 0.270 e. The number of hydrogen-bond donors (Lipinski definition) is 0. The number of anilines is 1. The zero-order valence-electron chi connectivity index (χ0n) is 17.3. The van der Waals surface area contributed by atoms with Gasteiger partial charge in [0.1, 0.15) is 0 Å². The van der Waals surface area contributed by atoms with E-state index in [1.807, 2.05) is 36.4 Å². The monoisotopic (exact) mass is 464 g/mol. The first-order valence-corrected chi connectivity index (χ1v) is 11.8. The molecule has 1 amide bonds. The van der Waals surface area contributed by atoms with Crippen LogP contribution in [0.2, 0.25) is 0 Å². The zero-order chi connectivity index (χ0) is 22.5. The Labute approximate surface area is 193 Å². The van der Waals surface area contributed by atoms with Crippen molar-refractivity contribution >= 4 is 50.0 Å². The minimum atomic E-state index is -0.431. The van der Waals surface area contributed by atoms with Crippen molar-refractivity contribution < 1.29 is 9.72 Å². The van der Waals surface area contributed by atoms with Gasteiger partial charge in [0, 0.05) is 29.4 Å². The van der Waals surface area contributed by atoms with Gasteiger partial charge in [-0.15, -0.1) is 11.8 Å². The summed E-state index contributed by atoms with van der Waals surface area (Å²) in [6.45, 7) is 2.44. The second kappa shape index (κ2) is 9.88. The van der Waals surface area contributed by atoms with Crippen molar-refractivity contribution in [2.24, 2.45) is 0 Å². The molecular weight excluding hydrogens is 444 g/mol. The second-order valence-corrected chi connectivity index (χ2v) is 9.34. The summed E-state index contributed by atoms with van der Waals surface area (Å²) >= 11 is 3.03. The van der Waals surface area contributed by atoms with Gasteiger partial charge >= 0.3 is 0 Å². The molecule has 0 saturated heterocycles. The SMILES string of the molecule is CCSc1ccc(CC(=O)N(Cc2ccncc2)c2nc3ccc([N+](=O)[O-])cc3s2)cc1. The summed E-state index contributed by atoms with van der Waals surface area (Å²) in [5, 5.41) is 11.6. The van der Waals surface area contributed by atoms with Crippen LogP contribution in [0, 0.1) is 10.1 Å². The lowest BCUT2D eigenvalue weighted by atomic mass is 10.1. The van der Waals surface area contributed by atoms with Crippen molar-refractivity contribution in [2.45, 2.75) is 24.8 Å². The summed E-state index contributed by atoms with van der Waals surface area (Å²) in [4.78, 5) is 35.5. The standard InChI is InChI=1S/C23H20N4O3S2/c1-2-31-19-6-3-16(4-7-19)13-22(28)26(15-17-9-11-24-12-10-17)23-25-20-8-5-18(27(29)30)14-21(20)32-23/h3-12,14H,2,13,15H2,1H3. The Kier molecular flexibility index (Phi) is 6.77. The highest BCUT2D eigenvalue weighted by Crippen LogP contribution is 2.32. The van der Waals surface area contributed by atoms with E-state index < -0.39 is 4.92 Å². The highest BCUT2D eigenvalue weighted by atomic mass is 32.2. The van der Waals surface area contributed by atoms with Crippen LogP contribution in [-0.4, -0.2) is 26.6 Å². The van der Waals surface area contributed by atoms with Gasteiger partial charge in [0.05, 0.1) is 28.1 Å². The van der Waals surface area contributed by atoms with Crippen LogP contribution in [0.4, 0.5) is 10.8 Å². The maximum absolute atomic E-state index is 13.3. The lowest BCUT2D eigenvalue weighted by Crippen LogP contribution is -2.31. The van der Waals surface area contributed by atoms with Crippen molar-refractivity contribution in [1.29, 1.82) is 0 Å². The Hall–Kier alpha value is -3.30. The van der Waals surface area contributed by atoms with Crippen molar-refractivity contribution in [3.63, 3.8) is 0 Å². The molecule has 2 heterocycles. The zero-order valence-corrected chi connectivity index (χ0v) is 18.9. The molecule has 2 aromatic carbocycles. The number of aromatic nitrogens is 2. The molecule has 0 radical (unpaired) electrons. The van der Waals surface area contributed by atoms with Crippen LogP contribution >= 0.6 is 23.1 Å². The number of carbonyl (C=O) groups excluding carboxylic acids is 1. The van der Waals surface area contributed by atoms with Crippen LogP contribution in [0.3, 0.4) is 0 Å². The highest BCUT2D eigenvalue weighted by molar-refractivity contribution is 7.99. The molecule has 0 aliphatic carbocycles. The van der Waals surface area contributed by atoms with Gasteiger partial charge in [-0.1, -0.05) is 30.4 Å². The molecule has 2 aromatic heterocycles. The molecule has 4 rings (SSSR count). The maximum atomic E-state index is 13.3. The normalized spacial score (nSPS) is 10.9. The number of benzene rings is 2. The number of carbonyl (C=O) groups is 1. The van der Waals surface area contributed by atoms with Gasteiger partial charge in [0.2, 0.25) is 5.91 Å². The first kappa shape index (κ1) is 21.9. The highest BCUT2D eigenvalue weighted by Gasteiger charge is 2.21. The van der Waals surface area contributed by atoms with E-state index in [0.717, 1.165) is 16.9 Å². The molecule has 0 bridgehead atoms. The number of thioether (sulfide) groups is 1. The van der Waals surface area contributed by atoms with Crippen LogP contribution in [0.25, 0.3) is 10.2 Å². The number of hydrogen-bond acceptors (Lipinski definition) is 7. The van der Waals surface area contributed by atoms with Gasteiger partial charge in [0.15, 0.2) is 5.13 Å². The van der Waals surface area contributed by atoms with Crippen LogP contribution in [0.1, 0.15) is 18.1 Å². The first-order valence-electron chi connectivity index (χ1n) is 9.99. The lowest BCUT2D eigenvalue weighted by molar-refractivity contribution is -0.384. The van der Waals surface area contributed by atoms with Crippen molar-refractivity contribution in [2.75, 3.05) is 10.7 Å². The van der Waals surface area contributed by atoms with Gasteiger partial charge in [-0.3, -0.25) is 24.8 Å². The molecule has 0 N–H and O–H groups in total. The summed E-state index contributed by atoms with van der Waals surface area (Å²) in [5.41, 5.74) is 2.48. The summed E-state index contributed by atoms with van der Waals surface area (Å²) in [5.74, 6) is 0.902. The number of amides is 1. The third kappa shape index (κ3) is 5.12. The molecular formula is C23H20N4O3S2. The predicted octanol–water partition coefficient (Wildman–Crippen LogP) is 5.49. The van der Waals surface area contributed by atoms with E-state index in [1.54, 1.807) is 35.1 Å². The van der Waals surface area contributed by atoms with Crippen LogP contribution in [-0.2, 0) is 17.8 Å². The van der Waals surface area contributed by atoms with E-state index >= 15 is 0 Å². The molecule has 7 nitrogen and oxygen atoms in total. The summed E-state index contributed by atoms with van der Waals surface area (Å²) in [6, 6.07) is 16.3. The minimum absolute atomic E-state index is 0.00440. The number of fused-ring (bicyclic) bond motifs is 1. The van der Waals surface area contributed by atoms with Crippen molar-refractivity contribution in [3.8, 4) is 0 Å². The van der Waals surface area contributed by atoms with Crippen molar-refractivity contribution in [3.05, 3.63) is 88.2 Å². The number of thiazole rings is 1. The second-order valence-electron chi connectivity index (χ2n) is 6.99. The Bertz CT molecular complexity index is 1240. The predicted molar refractivity (Wildman–Crippen MR) is 128 cm³/mol. The number of rotatable bonds is 8. The van der Waals surface area contributed by atoms with E-state index in [2.05, 4.69) is 16.9 Å². The Morgan fingerprint density at radius 3 is 2.53 bits per heavy atom. The molecule has 0 atom stereocenters. The summed E-state index contributed by atoms with van der Waals surface area (Å²) < 4.78 is 0.669. The van der Waals surface area contributed by atoms with Crippen molar-refractivity contribution in [1.82, 2.24) is 9.97 Å². The van der Waals surface area contributed by atoms with Gasteiger partial charge < -0.3 is 0 Å². The number of non-ortho nitro benzene ring substituents is 1. The molecule has 9 heteroatoms. The minimum Gasteiger partial charge on any atom is -0.283 e. The average Bonchev–Trinajstić information content (AvgIpc) is 3.22. The van der Waals surface area contributed by atoms with Crippen LogP contribution in [0.5, 0.6) is 0 Å². The molecule has 0 unspecified atom stereocenters. The van der Waals surface area contributed by atoms with E-state index in [1.165, 1.54) is 28.4 Å². The molecule has 162 valence electrons. The molecule has 0 saturated carbocycles. The molecule has 0 fully saturated rings. The van der Waals surface area contributed by atoms with E-state index in [9.17, 15) is 14.9 Å². The van der Waals surface area contributed by atoms with Gasteiger partial charge in [-0.2, -0.15) is 0 Å². The summed E-state index contributed by atoms with van der Waals surface area (Å²) in [7, 11) is 0. The Morgan fingerprint density at radius 2 is 1.84 bits per heavy atom. The molecule has 32 heavy (non-hydrogen) atoms. The average molecular weight is 465 g/mol. The third-order valence-electron chi connectivity index (χ3n) is 4.78. The topological polar surface area (TPSA) is 89.2 Å². The fourth-order valence-electron chi connectivity index (χ4n) is 3.20. The Balaban J connectivity index is 1.64. The van der Waals surface area contributed by atoms with Crippen LogP contribution < -0.4 is 4.90 Å². The molecule has 0 aliphatic rings. The summed E-state index contributed by atoms with van der Waals surface area (Å²) in [6.07, 6.45) is 3.60. The van der Waals surface area contributed by atoms with Crippen LogP contribution in [0.15, 0.2) is 71.9 Å². The molecule has 0 aliphatic heterocycles. The van der Waals surface area contributed by atoms with Gasteiger partial charge in [-0.25, -0.2) is 4.98 Å². The van der Waals surface area contributed by atoms with E-state index in [0.29, 0.717) is 21.9 Å². The number of pyridine rings is 1. The molecule has 4 aromatic rings. The maximum Gasteiger partial charge on any atom is 0.270 e. The largest absolute Gasteiger partial charge is 0.283 e. The third-order valence-corrected chi connectivity index (χ3v) is 6.72. The number of nitro groups is 1. The van der Waals surface area contributed by atoms with E-state index in [-0.39, 0.29) is 18.0 Å². The number of nitrogens with zero attached hydrogens (tertiary/aromatic N) is 4. The lowest BCUT2D eigenvalue weighted by Gasteiger charge is -2.20. The Morgan fingerprint density at radius 1 is 1.09 bits per heavy atom. The van der Waals surface area contributed by atoms with Gasteiger partial charge in [-0.05, 0) is 47.2 Å². The molecule has 0 spiro atoms. The first-order chi connectivity index (χ1) is 15.5. The van der Waals surface area contributed by atoms with Gasteiger partial charge in [0.25, 0.3) is 5.69 Å². The number of nitro benzene ring substituents is 1. The fourth-order valence-corrected chi connectivity index (χ4v) is 4.88.